The van der Waals surface area contributed by atoms with Crippen molar-refractivity contribution in [3.8, 4) is 0 Å². The molecule has 1 amide bonds. The van der Waals surface area contributed by atoms with Gasteiger partial charge in [-0.05, 0) is 49.1 Å². The van der Waals surface area contributed by atoms with Crippen LogP contribution in [0.4, 0.5) is 5.82 Å². The fourth-order valence-electron chi connectivity index (χ4n) is 4.36. The Morgan fingerprint density at radius 1 is 1.14 bits per heavy atom. The molecule has 0 spiro atoms. The molecule has 29 heavy (non-hydrogen) atoms. The molecule has 1 aromatic carbocycles. The van der Waals surface area contributed by atoms with Crippen molar-refractivity contribution in [2.75, 3.05) is 5.32 Å². The van der Waals surface area contributed by atoms with Crippen LogP contribution in [0, 0.1) is 11.8 Å². The molecule has 1 saturated carbocycles. The van der Waals surface area contributed by atoms with Crippen molar-refractivity contribution in [1.29, 1.82) is 0 Å². The number of ketones is 1. The second-order valence-corrected chi connectivity index (χ2v) is 8.20. The molecular formula is C23H22ClN3O2. The molecular weight excluding hydrogens is 386 g/mol. The third-order valence-corrected chi connectivity index (χ3v) is 5.75. The van der Waals surface area contributed by atoms with Gasteiger partial charge in [-0.3, -0.25) is 14.6 Å². The molecule has 4 rings (SSSR count). The highest BCUT2D eigenvalue weighted by Gasteiger charge is 2.44. The minimum atomic E-state index is -0.433. The Morgan fingerprint density at radius 3 is 2.69 bits per heavy atom. The summed E-state index contributed by atoms with van der Waals surface area (Å²) in [5.74, 6) is -0.290. The fraction of sp³-hybridized carbons (Fsp3) is 0.304. The van der Waals surface area contributed by atoms with E-state index in [2.05, 4.69) is 17.2 Å². The lowest BCUT2D eigenvalue weighted by atomic mass is 9.67. The van der Waals surface area contributed by atoms with E-state index in [-0.39, 0.29) is 17.6 Å². The fourth-order valence-corrected chi connectivity index (χ4v) is 4.56. The zero-order valence-corrected chi connectivity index (χ0v) is 17.1. The van der Waals surface area contributed by atoms with Crippen LogP contribution in [0.1, 0.15) is 38.2 Å². The van der Waals surface area contributed by atoms with Crippen molar-refractivity contribution >= 4 is 34.8 Å². The average Bonchev–Trinajstić information content (AvgIpc) is 2.67. The van der Waals surface area contributed by atoms with Crippen molar-refractivity contribution in [1.82, 2.24) is 4.98 Å². The van der Waals surface area contributed by atoms with Crippen LogP contribution in [0.15, 0.2) is 64.9 Å². The van der Waals surface area contributed by atoms with E-state index in [1.54, 1.807) is 24.4 Å². The summed E-state index contributed by atoms with van der Waals surface area (Å²) >= 11 is 6.25. The zero-order chi connectivity index (χ0) is 20.5. The van der Waals surface area contributed by atoms with Crippen molar-refractivity contribution < 1.29 is 9.59 Å². The first kappa shape index (κ1) is 19.5. The van der Waals surface area contributed by atoms with Crippen LogP contribution in [0.3, 0.4) is 0 Å². The van der Waals surface area contributed by atoms with Gasteiger partial charge in [-0.1, -0.05) is 36.7 Å². The standard InChI is InChI=1S/C23H22ClN3O2/c1-13-10-17-22(18(28)11-13)21(15-6-5-7-16(24)12-15)20(14(2)26-17)23(29)27-19-8-3-4-9-25-19/h3-9,12-13,21-22H,10-11H2,1-2H3,(H,25,27,29)/t13-,21-,22?/m0/s1. The van der Waals surface area contributed by atoms with E-state index in [0.717, 1.165) is 17.7 Å². The minimum absolute atomic E-state index is 0.128. The Hall–Kier alpha value is -2.79. The number of Topliss-reactive ketones (excluding diaryl/α,β-unsaturated/α-hetero) is 1. The summed E-state index contributed by atoms with van der Waals surface area (Å²) in [6.07, 6.45) is 2.88. The first-order chi connectivity index (χ1) is 13.9. The lowest BCUT2D eigenvalue weighted by Gasteiger charge is -2.37. The number of amides is 1. The van der Waals surface area contributed by atoms with Crippen LogP contribution in [0.2, 0.25) is 5.02 Å². The van der Waals surface area contributed by atoms with Crippen LogP contribution in [-0.4, -0.2) is 22.4 Å². The molecule has 148 valence electrons. The Kier molecular flexibility index (Phi) is 5.33. The highest BCUT2D eigenvalue weighted by molar-refractivity contribution is 6.30. The lowest BCUT2D eigenvalue weighted by Crippen LogP contribution is -2.41. The number of carbonyl (C=O) groups is 2. The second-order valence-electron chi connectivity index (χ2n) is 7.76. The van der Waals surface area contributed by atoms with Crippen molar-refractivity contribution in [3.63, 3.8) is 0 Å². The van der Waals surface area contributed by atoms with Crippen LogP contribution >= 0.6 is 11.6 Å². The van der Waals surface area contributed by atoms with E-state index >= 15 is 0 Å². The molecule has 2 aliphatic rings. The van der Waals surface area contributed by atoms with Crippen LogP contribution in [0.5, 0.6) is 0 Å². The van der Waals surface area contributed by atoms with Crippen LogP contribution in [-0.2, 0) is 9.59 Å². The number of aliphatic imine (C=N–C) groups is 1. The number of halogens is 1. The quantitative estimate of drug-likeness (QED) is 0.794. The number of carbonyl (C=O) groups excluding carboxylic acids is 2. The maximum absolute atomic E-state index is 13.3. The molecule has 6 heteroatoms. The first-order valence-electron chi connectivity index (χ1n) is 9.73. The lowest BCUT2D eigenvalue weighted by molar-refractivity contribution is -0.123. The number of aromatic nitrogens is 1. The summed E-state index contributed by atoms with van der Waals surface area (Å²) in [5, 5.41) is 3.43. The zero-order valence-electron chi connectivity index (χ0n) is 16.4. The normalized spacial score (nSPS) is 24.0. The van der Waals surface area contributed by atoms with E-state index < -0.39 is 11.8 Å². The van der Waals surface area contributed by atoms with Crippen molar-refractivity contribution in [2.24, 2.45) is 16.8 Å². The summed E-state index contributed by atoms with van der Waals surface area (Å²) in [6, 6.07) is 12.7. The molecule has 1 fully saturated rings. The molecule has 0 radical (unpaired) electrons. The monoisotopic (exact) mass is 407 g/mol. The highest BCUT2D eigenvalue weighted by Crippen LogP contribution is 2.44. The largest absolute Gasteiger partial charge is 0.307 e. The van der Waals surface area contributed by atoms with Gasteiger partial charge in [0.1, 0.15) is 11.6 Å². The second kappa shape index (κ2) is 7.91. The molecule has 2 heterocycles. The molecule has 5 nitrogen and oxygen atoms in total. The highest BCUT2D eigenvalue weighted by atomic mass is 35.5. The third-order valence-electron chi connectivity index (χ3n) is 5.52. The number of rotatable bonds is 3. The smallest absolute Gasteiger partial charge is 0.255 e. The number of anilines is 1. The summed E-state index contributed by atoms with van der Waals surface area (Å²) < 4.78 is 0. The van der Waals surface area contributed by atoms with E-state index in [1.807, 2.05) is 31.2 Å². The number of nitrogens with one attached hydrogen (secondary N) is 1. The maximum Gasteiger partial charge on any atom is 0.255 e. The van der Waals surface area contributed by atoms with E-state index in [9.17, 15) is 9.59 Å². The Bertz CT molecular complexity index is 1030. The van der Waals surface area contributed by atoms with Gasteiger partial charge in [0.2, 0.25) is 0 Å². The molecule has 1 aliphatic carbocycles. The molecule has 2 aromatic rings. The topological polar surface area (TPSA) is 71.4 Å². The van der Waals surface area contributed by atoms with E-state index in [4.69, 9.17) is 16.6 Å². The number of hydrogen-bond acceptors (Lipinski definition) is 4. The maximum atomic E-state index is 13.3. The summed E-state index contributed by atoms with van der Waals surface area (Å²) in [5.41, 5.74) is 2.85. The van der Waals surface area contributed by atoms with Crippen LogP contribution in [0.25, 0.3) is 0 Å². The molecule has 3 atom stereocenters. The minimum Gasteiger partial charge on any atom is -0.307 e. The summed E-state index contributed by atoms with van der Waals surface area (Å²) in [4.78, 5) is 35.2. The van der Waals surface area contributed by atoms with Crippen molar-refractivity contribution in [3.05, 3.63) is 70.5 Å². The summed E-state index contributed by atoms with van der Waals surface area (Å²) in [6.45, 7) is 3.89. The van der Waals surface area contributed by atoms with Gasteiger partial charge in [-0.15, -0.1) is 0 Å². The van der Waals surface area contributed by atoms with Gasteiger partial charge in [0.15, 0.2) is 0 Å². The first-order valence-corrected chi connectivity index (χ1v) is 10.1. The molecule has 1 aromatic heterocycles. The molecule has 1 aliphatic heterocycles. The predicted molar refractivity (Wildman–Crippen MR) is 114 cm³/mol. The number of fused-ring (bicyclic) bond motifs is 1. The third kappa shape index (κ3) is 3.87. The number of hydrogen-bond donors (Lipinski definition) is 1. The van der Waals surface area contributed by atoms with Gasteiger partial charge >= 0.3 is 0 Å². The van der Waals surface area contributed by atoms with Gasteiger partial charge in [0.05, 0.1) is 5.92 Å². The van der Waals surface area contributed by atoms with Crippen molar-refractivity contribution in [2.45, 2.75) is 32.6 Å². The van der Waals surface area contributed by atoms with Gasteiger partial charge in [0.25, 0.3) is 5.91 Å². The van der Waals surface area contributed by atoms with Gasteiger partial charge in [0, 0.05) is 40.5 Å². The molecule has 0 bridgehead atoms. The Morgan fingerprint density at radius 2 is 1.97 bits per heavy atom. The average molecular weight is 408 g/mol. The number of nitrogens with zero attached hydrogens (tertiary/aromatic N) is 2. The predicted octanol–water partition coefficient (Wildman–Crippen LogP) is 4.80. The number of pyridine rings is 1. The van der Waals surface area contributed by atoms with E-state index in [0.29, 0.717) is 28.5 Å². The Balaban J connectivity index is 1.81. The molecule has 1 N–H and O–H groups in total. The van der Waals surface area contributed by atoms with Gasteiger partial charge in [-0.2, -0.15) is 0 Å². The molecule has 1 unspecified atom stereocenters. The number of benzene rings is 1. The summed E-state index contributed by atoms with van der Waals surface area (Å²) in [7, 11) is 0. The Labute approximate surface area is 174 Å². The molecule has 0 saturated heterocycles. The number of allylic oxidation sites excluding steroid dienone is 1. The van der Waals surface area contributed by atoms with Gasteiger partial charge < -0.3 is 5.32 Å². The SMILES string of the molecule is CC1=C(C(=O)Nc2ccccn2)[C@H](c2cccc(Cl)c2)C2C(=O)C[C@@H](C)CC2=N1. The van der Waals surface area contributed by atoms with E-state index in [1.165, 1.54) is 0 Å². The van der Waals surface area contributed by atoms with Crippen LogP contribution < -0.4 is 5.32 Å². The van der Waals surface area contributed by atoms with Gasteiger partial charge in [-0.25, -0.2) is 4.98 Å².